The molecular weight excluding hydrogens is 292 g/mol. The molecule has 0 bridgehead atoms. The van der Waals surface area contributed by atoms with Crippen LogP contribution < -0.4 is 11.1 Å². The van der Waals surface area contributed by atoms with Gasteiger partial charge in [0, 0.05) is 18.9 Å². The maximum absolute atomic E-state index is 12.5. The van der Waals surface area contributed by atoms with Crippen molar-refractivity contribution in [1.82, 2.24) is 5.32 Å². The van der Waals surface area contributed by atoms with Gasteiger partial charge in [-0.2, -0.15) is 0 Å². The van der Waals surface area contributed by atoms with Crippen LogP contribution >= 0.6 is 0 Å². The molecule has 5 nitrogen and oxygen atoms in total. The van der Waals surface area contributed by atoms with Crippen LogP contribution in [0.5, 0.6) is 0 Å². The molecule has 3 rings (SSSR count). The summed E-state index contributed by atoms with van der Waals surface area (Å²) in [6.07, 6.45) is 3.38. The SMILES string of the molecule is C[C@@H]1C[C@]2(CCO1)C[C@@H]2C(=O)N[C@@H](Cc1ccccc1)C(N)=O. The number of benzene rings is 1. The van der Waals surface area contributed by atoms with Gasteiger partial charge in [0.1, 0.15) is 6.04 Å². The molecule has 1 spiro atoms. The van der Waals surface area contributed by atoms with Crippen molar-refractivity contribution < 1.29 is 14.3 Å². The zero-order valence-electron chi connectivity index (χ0n) is 13.5. The Bertz CT molecular complexity index is 589. The fourth-order valence-corrected chi connectivity index (χ4v) is 3.76. The Balaban J connectivity index is 1.60. The van der Waals surface area contributed by atoms with Crippen LogP contribution in [0.1, 0.15) is 31.7 Å². The van der Waals surface area contributed by atoms with Crippen molar-refractivity contribution in [3.8, 4) is 0 Å². The number of nitrogens with two attached hydrogens (primary N) is 1. The highest BCUT2D eigenvalue weighted by molar-refractivity contribution is 5.89. The van der Waals surface area contributed by atoms with Gasteiger partial charge in [-0.15, -0.1) is 0 Å². The zero-order valence-corrected chi connectivity index (χ0v) is 13.5. The zero-order chi connectivity index (χ0) is 16.4. The van der Waals surface area contributed by atoms with Gasteiger partial charge < -0.3 is 15.8 Å². The molecule has 1 aliphatic heterocycles. The fraction of sp³-hybridized carbons (Fsp3) is 0.556. The summed E-state index contributed by atoms with van der Waals surface area (Å²) in [5, 5.41) is 2.86. The number of hydrogen-bond acceptors (Lipinski definition) is 3. The topological polar surface area (TPSA) is 81.4 Å². The number of ether oxygens (including phenoxy) is 1. The van der Waals surface area contributed by atoms with Crippen LogP contribution in [0, 0.1) is 11.3 Å². The molecule has 0 aromatic heterocycles. The van der Waals surface area contributed by atoms with Gasteiger partial charge in [-0.1, -0.05) is 30.3 Å². The van der Waals surface area contributed by atoms with Crippen LogP contribution in [-0.2, 0) is 20.7 Å². The average Bonchev–Trinajstić information content (AvgIpc) is 3.20. The second-order valence-corrected chi connectivity index (χ2v) is 6.91. The molecule has 1 aliphatic carbocycles. The third kappa shape index (κ3) is 3.55. The Morgan fingerprint density at radius 3 is 2.74 bits per heavy atom. The second-order valence-electron chi connectivity index (χ2n) is 6.91. The highest BCUT2D eigenvalue weighted by atomic mass is 16.5. The Morgan fingerprint density at radius 1 is 1.35 bits per heavy atom. The molecule has 1 aromatic carbocycles. The van der Waals surface area contributed by atoms with Gasteiger partial charge in [0.2, 0.25) is 11.8 Å². The second kappa shape index (κ2) is 6.32. The van der Waals surface area contributed by atoms with E-state index in [2.05, 4.69) is 12.2 Å². The summed E-state index contributed by atoms with van der Waals surface area (Å²) in [5.74, 6) is -0.539. The van der Waals surface area contributed by atoms with Gasteiger partial charge in [0.15, 0.2) is 0 Å². The molecule has 23 heavy (non-hydrogen) atoms. The summed E-state index contributed by atoms with van der Waals surface area (Å²) in [5.41, 5.74) is 6.54. The first-order valence-corrected chi connectivity index (χ1v) is 8.25. The van der Waals surface area contributed by atoms with E-state index in [0.717, 1.165) is 24.8 Å². The molecule has 4 atom stereocenters. The normalized spacial score (nSPS) is 30.7. The van der Waals surface area contributed by atoms with E-state index in [4.69, 9.17) is 10.5 Å². The van der Waals surface area contributed by atoms with Crippen molar-refractivity contribution in [3.05, 3.63) is 35.9 Å². The van der Waals surface area contributed by atoms with E-state index in [0.29, 0.717) is 13.0 Å². The number of rotatable bonds is 5. The molecule has 3 N–H and O–H groups in total. The van der Waals surface area contributed by atoms with Crippen LogP contribution in [0.3, 0.4) is 0 Å². The van der Waals surface area contributed by atoms with Crippen LogP contribution in [0.4, 0.5) is 0 Å². The number of hydrogen-bond donors (Lipinski definition) is 2. The van der Waals surface area contributed by atoms with Crippen molar-refractivity contribution in [3.63, 3.8) is 0 Å². The monoisotopic (exact) mass is 316 g/mol. The third-order valence-electron chi connectivity index (χ3n) is 5.15. The maximum atomic E-state index is 12.5. The van der Waals surface area contributed by atoms with Crippen molar-refractivity contribution in [2.45, 2.75) is 44.8 Å². The van der Waals surface area contributed by atoms with Crippen molar-refractivity contribution >= 4 is 11.8 Å². The molecule has 0 unspecified atom stereocenters. The van der Waals surface area contributed by atoms with Crippen LogP contribution in [0.2, 0.25) is 0 Å². The summed E-state index contributed by atoms with van der Waals surface area (Å²) < 4.78 is 5.57. The van der Waals surface area contributed by atoms with E-state index >= 15 is 0 Å². The van der Waals surface area contributed by atoms with Crippen molar-refractivity contribution in [1.29, 1.82) is 0 Å². The van der Waals surface area contributed by atoms with E-state index in [1.54, 1.807) is 0 Å². The highest BCUT2D eigenvalue weighted by Gasteiger charge is 2.59. The minimum atomic E-state index is -0.653. The lowest BCUT2D eigenvalue weighted by Gasteiger charge is -2.28. The molecule has 1 saturated heterocycles. The number of carbonyl (C=O) groups excluding carboxylic acids is 2. The number of carbonyl (C=O) groups is 2. The highest BCUT2D eigenvalue weighted by Crippen LogP contribution is 2.60. The number of amides is 2. The smallest absolute Gasteiger partial charge is 0.240 e. The van der Waals surface area contributed by atoms with Crippen molar-refractivity contribution in [2.24, 2.45) is 17.1 Å². The minimum Gasteiger partial charge on any atom is -0.378 e. The molecule has 124 valence electrons. The van der Waals surface area contributed by atoms with Gasteiger partial charge in [0.05, 0.1) is 6.10 Å². The quantitative estimate of drug-likeness (QED) is 0.861. The van der Waals surface area contributed by atoms with Gasteiger partial charge in [-0.25, -0.2) is 0 Å². The summed E-state index contributed by atoms with van der Waals surface area (Å²) in [6, 6.07) is 8.95. The Labute approximate surface area is 136 Å². The van der Waals surface area contributed by atoms with Gasteiger partial charge >= 0.3 is 0 Å². The number of nitrogens with one attached hydrogen (secondary N) is 1. The molecular formula is C18H24N2O3. The summed E-state index contributed by atoms with van der Waals surface area (Å²) in [7, 11) is 0. The molecule has 2 aliphatic rings. The lowest BCUT2D eigenvalue weighted by atomic mass is 9.90. The van der Waals surface area contributed by atoms with Gasteiger partial charge in [0.25, 0.3) is 0 Å². The molecule has 1 saturated carbocycles. The first-order chi connectivity index (χ1) is 11.0. The van der Waals surface area contributed by atoms with E-state index in [1.165, 1.54) is 0 Å². The Morgan fingerprint density at radius 2 is 2.09 bits per heavy atom. The minimum absolute atomic E-state index is 0.00790. The van der Waals surface area contributed by atoms with Crippen LogP contribution in [0.25, 0.3) is 0 Å². The predicted octanol–water partition coefficient (Wildman–Crippen LogP) is 1.40. The van der Waals surface area contributed by atoms with E-state index in [1.807, 2.05) is 30.3 Å². The largest absolute Gasteiger partial charge is 0.378 e. The summed E-state index contributed by atoms with van der Waals surface area (Å²) >= 11 is 0. The number of primary amides is 1. The molecule has 5 heteroatoms. The third-order valence-corrected chi connectivity index (χ3v) is 5.15. The van der Waals surface area contributed by atoms with Crippen LogP contribution in [0.15, 0.2) is 30.3 Å². The summed E-state index contributed by atoms with van der Waals surface area (Å²) in [4.78, 5) is 24.2. The van der Waals surface area contributed by atoms with E-state index in [-0.39, 0.29) is 23.3 Å². The molecule has 1 heterocycles. The fourth-order valence-electron chi connectivity index (χ4n) is 3.76. The van der Waals surface area contributed by atoms with E-state index < -0.39 is 11.9 Å². The predicted molar refractivity (Wildman–Crippen MR) is 86.5 cm³/mol. The van der Waals surface area contributed by atoms with Gasteiger partial charge in [-0.3, -0.25) is 9.59 Å². The Hall–Kier alpha value is -1.88. The van der Waals surface area contributed by atoms with Crippen LogP contribution in [-0.4, -0.2) is 30.6 Å². The van der Waals surface area contributed by atoms with Crippen molar-refractivity contribution in [2.75, 3.05) is 6.61 Å². The standard InChI is InChI=1S/C18H24N2O3/c1-12-10-18(7-8-23-12)11-14(18)17(22)20-15(16(19)21)9-13-5-3-2-4-6-13/h2-6,12,14-15H,7-11H2,1H3,(H2,19,21)(H,20,22)/t12-,14-,15+,18-/m1/s1. The first-order valence-electron chi connectivity index (χ1n) is 8.25. The first kappa shape index (κ1) is 16.0. The average molecular weight is 316 g/mol. The van der Waals surface area contributed by atoms with Gasteiger partial charge in [-0.05, 0) is 37.2 Å². The molecule has 0 radical (unpaired) electrons. The maximum Gasteiger partial charge on any atom is 0.240 e. The molecule has 1 aromatic rings. The lowest BCUT2D eigenvalue weighted by molar-refractivity contribution is -0.129. The lowest BCUT2D eigenvalue weighted by Crippen LogP contribution is -2.47. The van der Waals surface area contributed by atoms with E-state index in [9.17, 15) is 9.59 Å². The summed E-state index contributed by atoms with van der Waals surface area (Å²) in [6.45, 7) is 2.77. The Kier molecular flexibility index (Phi) is 4.39. The molecule has 2 fully saturated rings. The molecule has 2 amide bonds.